The van der Waals surface area contributed by atoms with Crippen LogP contribution in [0.3, 0.4) is 0 Å². The number of urea groups is 1. The Bertz CT molecular complexity index is 1000. The summed E-state index contributed by atoms with van der Waals surface area (Å²) in [5.41, 5.74) is 2.07. The van der Waals surface area contributed by atoms with Gasteiger partial charge in [0.1, 0.15) is 23.3 Å². The summed E-state index contributed by atoms with van der Waals surface area (Å²) in [6.07, 6.45) is 3.60. The molecule has 8 heteroatoms. The van der Waals surface area contributed by atoms with Crippen LogP contribution in [0.4, 0.5) is 16.3 Å². The number of aryl methyl sites for hydroxylation is 2. The lowest BCUT2D eigenvalue weighted by Gasteiger charge is -2.19. The number of nitrogens with zero attached hydrogens (tertiary/aromatic N) is 4. The smallest absolute Gasteiger partial charge is 0.319 e. The average molecular weight is 408 g/mol. The van der Waals surface area contributed by atoms with Crippen molar-refractivity contribution in [1.29, 1.82) is 0 Å². The highest BCUT2D eigenvalue weighted by Gasteiger charge is 2.13. The zero-order chi connectivity index (χ0) is 21.7. The molecule has 3 N–H and O–H groups in total. The van der Waals surface area contributed by atoms with Gasteiger partial charge in [-0.25, -0.2) is 19.7 Å². The van der Waals surface area contributed by atoms with E-state index in [4.69, 9.17) is 0 Å². The highest BCUT2D eigenvalue weighted by atomic mass is 16.2. The largest absolute Gasteiger partial charge is 0.368 e. The van der Waals surface area contributed by atoms with Crippen molar-refractivity contribution in [1.82, 2.24) is 24.8 Å². The average Bonchev–Trinajstić information content (AvgIpc) is 3.10. The van der Waals surface area contributed by atoms with Gasteiger partial charge in [-0.2, -0.15) is 0 Å². The number of hydrogen-bond acceptors (Lipinski definition) is 5. The van der Waals surface area contributed by atoms with Crippen LogP contribution < -0.4 is 16.0 Å². The van der Waals surface area contributed by atoms with E-state index in [1.165, 1.54) is 5.56 Å². The molecule has 0 atom stereocenters. The monoisotopic (exact) mass is 407 g/mol. The quantitative estimate of drug-likeness (QED) is 0.540. The minimum Gasteiger partial charge on any atom is -0.368 e. The summed E-state index contributed by atoms with van der Waals surface area (Å²) in [6.45, 7) is 11.2. The molecule has 1 aromatic carbocycles. The Morgan fingerprint density at radius 2 is 1.80 bits per heavy atom. The number of carbonyl (C=O) groups excluding carboxylic acids is 1. The predicted octanol–water partition coefficient (Wildman–Crippen LogP) is 3.81. The molecule has 158 valence electrons. The Morgan fingerprint density at radius 3 is 2.43 bits per heavy atom. The number of aromatic nitrogens is 4. The predicted molar refractivity (Wildman–Crippen MR) is 119 cm³/mol. The molecule has 2 amide bonds. The normalized spacial score (nSPS) is 11.2. The van der Waals surface area contributed by atoms with Crippen molar-refractivity contribution in [3.8, 4) is 5.82 Å². The molecule has 3 rings (SSSR count). The number of carbonyl (C=O) groups is 1. The molecule has 2 aromatic heterocycles. The standard InChI is InChI=1S/C22H29N7O/c1-15-26-19(14-20(27-15)29-13-12-23-16(29)2)24-10-11-25-21(30)28-18-8-6-17(7-9-18)22(3,4)5/h6-9,12-14H,10-11H2,1-5H3,(H,24,26,27)(H2,25,28,30). The van der Waals surface area contributed by atoms with Crippen LogP contribution >= 0.6 is 0 Å². The van der Waals surface area contributed by atoms with Crippen LogP contribution in [0.25, 0.3) is 5.82 Å². The Hall–Kier alpha value is -3.42. The van der Waals surface area contributed by atoms with E-state index in [2.05, 4.69) is 51.7 Å². The zero-order valence-electron chi connectivity index (χ0n) is 18.2. The fourth-order valence-corrected chi connectivity index (χ4v) is 2.98. The summed E-state index contributed by atoms with van der Waals surface area (Å²) in [5.74, 6) is 2.97. The Kier molecular flexibility index (Phi) is 6.34. The second-order valence-corrected chi connectivity index (χ2v) is 8.14. The third-order valence-electron chi connectivity index (χ3n) is 4.62. The van der Waals surface area contributed by atoms with Gasteiger partial charge in [-0.3, -0.25) is 4.57 Å². The zero-order valence-corrected chi connectivity index (χ0v) is 18.2. The van der Waals surface area contributed by atoms with Crippen LogP contribution in [0, 0.1) is 13.8 Å². The summed E-state index contributed by atoms with van der Waals surface area (Å²) in [4.78, 5) is 25.2. The van der Waals surface area contributed by atoms with Crippen molar-refractivity contribution in [2.24, 2.45) is 0 Å². The molecule has 0 unspecified atom stereocenters. The molecule has 30 heavy (non-hydrogen) atoms. The third-order valence-corrected chi connectivity index (χ3v) is 4.62. The van der Waals surface area contributed by atoms with E-state index in [1.807, 2.05) is 54.9 Å². The highest BCUT2D eigenvalue weighted by Crippen LogP contribution is 2.23. The van der Waals surface area contributed by atoms with Gasteiger partial charge in [0.05, 0.1) is 0 Å². The van der Waals surface area contributed by atoms with Gasteiger partial charge in [0.25, 0.3) is 0 Å². The Balaban J connectivity index is 1.48. The van der Waals surface area contributed by atoms with E-state index in [0.717, 1.165) is 17.3 Å². The van der Waals surface area contributed by atoms with Crippen molar-refractivity contribution >= 4 is 17.5 Å². The van der Waals surface area contributed by atoms with Crippen LogP contribution in [0.15, 0.2) is 42.7 Å². The third kappa shape index (κ3) is 5.56. The molecule has 0 radical (unpaired) electrons. The van der Waals surface area contributed by atoms with Crippen LogP contribution in [0.1, 0.15) is 38.0 Å². The Morgan fingerprint density at radius 1 is 1.07 bits per heavy atom. The highest BCUT2D eigenvalue weighted by molar-refractivity contribution is 5.89. The molecule has 3 aromatic rings. The van der Waals surface area contributed by atoms with Crippen LogP contribution in [0.2, 0.25) is 0 Å². The minimum absolute atomic E-state index is 0.0855. The first kappa shape index (κ1) is 21.3. The van der Waals surface area contributed by atoms with Crippen molar-refractivity contribution in [3.63, 3.8) is 0 Å². The molecule has 0 saturated carbocycles. The number of benzene rings is 1. The number of imidazole rings is 1. The number of hydrogen-bond donors (Lipinski definition) is 3. The van der Waals surface area contributed by atoms with Gasteiger partial charge in [-0.05, 0) is 37.0 Å². The molecule has 0 aliphatic carbocycles. The summed E-state index contributed by atoms with van der Waals surface area (Å²) < 4.78 is 1.90. The van der Waals surface area contributed by atoms with Crippen molar-refractivity contribution in [2.75, 3.05) is 23.7 Å². The molecular formula is C22H29N7O. The van der Waals surface area contributed by atoms with Crippen LogP contribution in [0.5, 0.6) is 0 Å². The van der Waals surface area contributed by atoms with E-state index in [1.54, 1.807) is 6.20 Å². The molecule has 2 heterocycles. The van der Waals surface area contributed by atoms with Gasteiger partial charge in [0, 0.05) is 37.2 Å². The van der Waals surface area contributed by atoms with Crippen molar-refractivity contribution in [3.05, 3.63) is 59.9 Å². The fraction of sp³-hybridized carbons (Fsp3) is 0.364. The van der Waals surface area contributed by atoms with Crippen LogP contribution in [-0.2, 0) is 5.41 Å². The van der Waals surface area contributed by atoms with E-state index in [-0.39, 0.29) is 11.4 Å². The maximum atomic E-state index is 12.1. The molecule has 0 aliphatic heterocycles. The SMILES string of the molecule is Cc1nc(NCCNC(=O)Nc2ccc(C(C)(C)C)cc2)cc(-n2ccnc2C)n1. The van der Waals surface area contributed by atoms with E-state index >= 15 is 0 Å². The van der Waals surface area contributed by atoms with E-state index in [9.17, 15) is 4.79 Å². The molecule has 0 saturated heterocycles. The van der Waals surface area contributed by atoms with Gasteiger partial charge < -0.3 is 16.0 Å². The van der Waals surface area contributed by atoms with Gasteiger partial charge in [0.15, 0.2) is 0 Å². The summed E-state index contributed by atoms with van der Waals surface area (Å²) in [5, 5.41) is 8.91. The first-order chi connectivity index (χ1) is 14.2. The van der Waals surface area contributed by atoms with Crippen LogP contribution in [-0.4, -0.2) is 38.6 Å². The number of amides is 2. The van der Waals surface area contributed by atoms with Crippen molar-refractivity contribution in [2.45, 2.75) is 40.0 Å². The molecule has 0 fully saturated rings. The molecule has 0 spiro atoms. The summed E-state index contributed by atoms with van der Waals surface area (Å²) in [6, 6.07) is 9.53. The first-order valence-corrected chi connectivity index (χ1v) is 9.97. The van der Waals surface area contributed by atoms with E-state index in [0.29, 0.717) is 24.7 Å². The topological polar surface area (TPSA) is 96.8 Å². The van der Waals surface area contributed by atoms with Gasteiger partial charge >= 0.3 is 6.03 Å². The fourth-order valence-electron chi connectivity index (χ4n) is 2.98. The maximum absolute atomic E-state index is 12.1. The van der Waals surface area contributed by atoms with E-state index < -0.39 is 0 Å². The summed E-state index contributed by atoms with van der Waals surface area (Å²) in [7, 11) is 0. The van der Waals surface area contributed by atoms with Gasteiger partial charge in [0.2, 0.25) is 0 Å². The molecule has 0 aliphatic rings. The number of anilines is 2. The molecular weight excluding hydrogens is 378 g/mol. The minimum atomic E-state index is -0.242. The second kappa shape index (κ2) is 8.94. The number of rotatable bonds is 6. The van der Waals surface area contributed by atoms with Crippen molar-refractivity contribution < 1.29 is 4.79 Å². The lowest BCUT2D eigenvalue weighted by molar-refractivity contribution is 0.252. The summed E-state index contributed by atoms with van der Waals surface area (Å²) >= 11 is 0. The second-order valence-electron chi connectivity index (χ2n) is 8.14. The lowest BCUT2D eigenvalue weighted by atomic mass is 9.87. The number of nitrogens with one attached hydrogen (secondary N) is 3. The van der Waals surface area contributed by atoms with Gasteiger partial charge in [-0.15, -0.1) is 0 Å². The molecule has 8 nitrogen and oxygen atoms in total. The Labute approximate surface area is 177 Å². The molecule has 0 bridgehead atoms. The van der Waals surface area contributed by atoms with Gasteiger partial charge in [-0.1, -0.05) is 32.9 Å². The lowest BCUT2D eigenvalue weighted by Crippen LogP contribution is -2.32. The first-order valence-electron chi connectivity index (χ1n) is 9.97. The maximum Gasteiger partial charge on any atom is 0.319 e.